The first-order valence-electron chi connectivity index (χ1n) is 5.24. The van der Waals surface area contributed by atoms with Crippen LogP contribution >= 0.6 is 0 Å². The van der Waals surface area contributed by atoms with Gasteiger partial charge in [0.05, 0.1) is 22.3 Å². The molecular formula is C12H9NaO9. The summed E-state index contributed by atoms with van der Waals surface area (Å²) < 4.78 is 0. The van der Waals surface area contributed by atoms with Crippen molar-refractivity contribution in [1.29, 1.82) is 0 Å². The van der Waals surface area contributed by atoms with Crippen LogP contribution in [0.3, 0.4) is 0 Å². The van der Waals surface area contributed by atoms with Crippen molar-refractivity contribution in [3.8, 4) is 0 Å². The molecule has 0 aromatic heterocycles. The van der Waals surface area contributed by atoms with E-state index in [-0.39, 0.29) is 31.0 Å². The van der Waals surface area contributed by atoms with Crippen LogP contribution in [0.1, 0.15) is 60.1 Å². The predicted octanol–water partition coefficient (Wildman–Crippen LogP) is -2.20. The molecule has 1 aromatic rings. The maximum atomic E-state index is 11.4. The van der Waals surface area contributed by atoms with Crippen molar-refractivity contribution >= 4 is 29.7 Å². The van der Waals surface area contributed by atoms with Gasteiger partial charge in [-0.1, -0.05) is 0 Å². The zero-order valence-electron chi connectivity index (χ0n) is 12.4. The van der Waals surface area contributed by atoms with E-state index < -0.39 is 57.5 Å². The van der Waals surface area contributed by atoms with Crippen molar-refractivity contribution in [2.75, 3.05) is 0 Å². The minimum absolute atomic E-state index is 0. The van der Waals surface area contributed by atoms with E-state index in [1.807, 2.05) is 0 Å². The van der Waals surface area contributed by atoms with Gasteiger partial charge in [0, 0.05) is 5.56 Å². The van der Waals surface area contributed by atoms with Crippen molar-refractivity contribution < 1.29 is 75.4 Å². The Kier molecular flexibility index (Phi) is 6.43. The molecule has 0 saturated heterocycles. The fraction of sp³-hybridized carbons (Fsp3) is 0.0833. The van der Waals surface area contributed by atoms with Gasteiger partial charge in [0.25, 0.3) is 0 Å². The van der Waals surface area contributed by atoms with Crippen LogP contribution < -0.4 is 29.6 Å². The molecule has 9 nitrogen and oxygen atoms in total. The summed E-state index contributed by atoms with van der Waals surface area (Å²) in [5.41, 5.74) is -5.17. The van der Waals surface area contributed by atoms with Gasteiger partial charge in [-0.05, 0) is 13.0 Å². The fourth-order valence-corrected chi connectivity index (χ4v) is 1.79. The minimum Gasteiger partial charge on any atom is -1.00 e. The minimum atomic E-state index is -1.96. The number of carbonyl (C=O) groups is 5. The molecule has 0 bridgehead atoms. The van der Waals surface area contributed by atoms with Crippen LogP contribution in [0.4, 0.5) is 0 Å². The van der Waals surface area contributed by atoms with Gasteiger partial charge in [-0.15, -0.1) is 0 Å². The normalized spacial score (nSPS) is 9.50. The average molecular weight is 320 g/mol. The quantitative estimate of drug-likeness (QED) is 0.347. The molecule has 0 unspecified atom stereocenters. The summed E-state index contributed by atoms with van der Waals surface area (Å²) in [4.78, 5) is 55.9. The van der Waals surface area contributed by atoms with Crippen LogP contribution in [0, 0.1) is 0 Å². The first-order valence-corrected chi connectivity index (χ1v) is 5.24. The van der Waals surface area contributed by atoms with E-state index in [1.54, 1.807) is 0 Å². The van der Waals surface area contributed by atoms with E-state index in [4.69, 9.17) is 20.4 Å². The molecule has 0 aliphatic rings. The molecule has 0 radical (unpaired) electrons. The third-order valence-corrected chi connectivity index (χ3v) is 2.58. The Hall–Kier alpha value is -2.23. The van der Waals surface area contributed by atoms with Crippen molar-refractivity contribution in [1.82, 2.24) is 0 Å². The third kappa shape index (κ3) is 3.50. The van der Waals surface area contributed by atoms with Gasteiger partial charge in [0.1, 0.15) is 0 Å². The molecule has 0 spiro atoms. The van der Waals surface area contributed by atoms with Gasteiger partial charge in [-0.2, -0.15) is 0 Å². The maximum absolute atomic E-state index is 11.4. The number of benzene rings is 1. The molecule has 0 saturated carbocycles. The summed E-state index contributed by atoms with van der Waals surface area (Å²) in [5.74, 6) is -8.45. The van der Waals surface area contributed by atoms with Crippen LogP contribution in [0.15, 0.2) is 6.07 Å². The molecule has 0 atom stereocenters. The van der Waals surface area contributed by atoms with Crippen molar-refractivity contribution in [2.24, 2.45) is 0 Å². The molecule has 0 heterocycles. The Morgan fingerprint density at radius 1 is 0.727 bits per heavy atom. The van der Waals surface area contributed by atoms with E-state index >= 15 is 0 Å². The number of aromatic carboxylic acids is 4. The number of Topliss-reactive ketones (excluding diaryl/α,β-unsaturated/α-hetero) is 1. The molecule has 0 amide bonds. The number of rotatable bonds is 5. The van der Waals surface area contributed by atoms with Crippen LogP contribution in [0.25, 0.3) is 0 Å². The second-order valence-corrected chi connectivity index (χ2v) is 3.87. The summed E-state index contributed by atoms with van der Waals surface area (Å²) in [6.07, 6.45) is 0. The Labute approximate surface area is 146 Å². The molecule has 4 N–H and O–H groups in total. The molecule has 1 rings (SSSR count). The Morgan fingerprint density at radius 2 is 1.09 bits per heavy atom. The van der Waals surface area contributed by atoms with Gasteiger partial charge in [-0.3, -0.25) is 4.79 Å². The van der Waals surface area contributed by atoms with Gasteiger partial charge in [-0.25, -0.2) is 19.2 Å². The Morgan fingerprint density at radius 3 is 1.36 bits per heavy atom. The molecule has 1 aromatic carbocycles. The van der Waals surface area contributed by atoms with E-state index in [0.717, 1.165) is 6.92 Å². The Balaban J connectivity index is 0. The van der Waals surface area contributed by atoms with Crippen molar-refractivity contribution in [2.45, 2.75) is 6.92 Å². The van der Waals surface area contributed by atoms with E-state index in [9.17, 15) is 24.0 Å². The molecule has 0 fully saturated rings. The van der Waals surface area contributed by atoms with Gasteiger partial charge < -0.3 is 21.9 Å². The van der Waals surface area contributed by atoms with Crippen LogP contribution in [-0.4, -0.2) is 50.1 Å². The van der Waals surface area contributed by atoms with Crippen LogP contribution in [0.2, 0.25) is 0 Å². The van der Waals surface area contributed by atoms with Crippen molar-refractivity contribution in [3.63, 3.8) is 0 Å². The molecule has 0 aliphatic carbocycles. The van der Waals surface area contributed by atoms with Gasteiger partial charge in [0.15, 0.2) is 5.78 Å². The number of carbonyl (C=O) groups excluding carboxylic acids is 1. The number of carboxylic acids is 4. The number of carboxylic acid groups (broad SMARTS) is 4. The predicted molar refractivity (Wildman–Crippen MR) is 65.4 cm³/mol. The second kappa shape index (κ2) is 7.16. The van der Waals surface area contributed by atoms with E-state index in [0.29, 0.717) is 6.07 Å². The van der Waals surface area contributed by atoms with Gasteiger partial charge in [0.2, 0.25) is 0 Å². The first-order chi connectivity index (χ1) is 9.59. The maximum Gasteiger partial charge on any atom is 1.00 e. The molecule has 22 heavy (non-hydrogen) atoms. The van der Waals surface area contributed by atoms with E-state index in [1.165, 1.54) is 0 Å². The standard InChI is InChI=1S/C12H8O9.Na.H/c1-3(13)4-2-5(9(14)15)7(11(18)19)8(12(20)21)6(4)10(16)17;;/h2H,1H3,(H,14,15)(H,16,17)(H,18,19)(H,20,21);;/q;+1;-1. The number of hydrogen-bond acceptors (Lipinski definition) is 5. The third-order valence-electron chi connectivity index (χ3n) is 2.58. The first kappa shape index (κ1) is 19.8. The number of hydrogen-bond donors (Lipinski definition) is 4. The largest absolute Gasteiger partial charge is 1.00 e. The van der Waals surface area contributed by atoms with Crippen LogP contribution in [-0.2, 0) is 0 Å². The topological polar surface area (TPSA) is 166 Å². The van der Waals surface area contributed by atoms with Crippen molar-refractivity contribution in [3.05, 3.63) is 33.9 Å². The molecular weight excluding hydrogens is 311 g/mol. The summed E-state index contributed by atoms with van der Waals surface area (Å²) in [5, 5.41) is 36.0. The monoisotopic (exact) mass is 320 g/mol. The smallest absolute Gasteiger partial charge is 1.00 e. The summed E-state index contributed by atoms with van der Waals surface area (Å²) in [6.45, 7) is 0.902. The summed E-state index contributed by atoms with van der Waals surface area (Å²) in [7, 11) is 0. The summed E-state index contributed by atoms with van der Waals surface area (Å²) in [6, 6.07) is 0.546. The SMILES string of the molecule is CC(=O)c1cc(C(=O)O)c(C(=O)O)c(C(=O)O)c1C(=O)O.[H-].[Na+]. The summed E-state index contributed by atoms with van der Waals surface area (Å²) >= 11 is 0. The second-order valence-electron chi connectivity index (χ2n) is 3.87. The van der Waals surface area contributed by atoms with Gasteiger partial charge >= 0.3 is 53.4 Å². The molecule has 10 heteroatoms. The van der Waals surface area contributed by atoms with Crippen LogP contribution in [0.5, 0.6) is 0 Å². The average Bonchev–Trinajstić information content (AvgIpc) is 2.34. The zero-order valence-corrected chi connectivity index (χ0v) is 13.4. The number of ketones is 1. The fourth-order valence-electron chi connectivity index (χ4n) is 1.79. The molecule has 0 aliphatic heterocycles. The van der Waals surface area contributed by atoms with E-state index in [2.05, 4.69) is 0 Å². The Bertz CT molecular complexity index is 661. The molecule has 112 valence electrons. The zero-order chi connectivity index (χ0) is 16.5.